The summed E-state index contributed by atoms with van der Waals surface area (Å²) in [5.41, 5.74) is 2.19. The molecule has 2 amide bonds. The van der Waals surface area contributed by atoms with Crippen LogP contribution < -0.4 is 14.4 Å². The number of sulfonamides is 1. The number of hydrogen-bond donors (Lipinski definition) is 1. The molecule has 0 saturated heterocycles. The Kier molecular flexibility index (Phi) is 11.1. The molecule has 40 heavy (non-hydrogen) atoms. The first-order valence-electron chi connectivity index (χ1n) is 13.4. The Balaban J connectivity index is 1.82. The second-order valence-electron chi connectivity index (χ2n) is 10.1. The Bertz CT molecular complexity index is 1330. The van der Waals surface area contributed by atoms with Crippen molar-refractivity contribution in [2.24, 2.45) is 5.92 Å². The molecule has 0 aromatic heterocycles. The van der Waals surface area contributed by atoms with E-state index in [1.54, 1.807) is 24.3 Å². The highest BCUT2D eigenvalue weighted by Gasteiger charge is 2.31. The van der Waals surface area contributed by atoms with Crippen LogP contribution in [0.3, 0.4) is 0 Å². The van der Waals surface area contributed by atoms with Crippen molar-refractivity contribution in [3.63, 3.8) is 0 Å². The number of nitrogens with one attached hydrogen (secondary N) is 1. The smallest absolute Gasteiger partial charge is 0.244 e. The normalized spacial score (nSPS) is 12.0. The first-order valence-corrected chi connectivity index (χ1v) is 15.3. The van der Waals surface area contributed by atoms with Gasteiger partial charge in [0.2, 0.25) is 21.8 Å². The molecule has 0 radical (unpaired) electrons. The van der Waals surface area contributed by atoms with Crippen LogP contribution in [-0.2, 0) is 32.8 Å². The van der Waals surface area contributed by atoms with Crippen LogP contribution in [0.25, 0.3) is 0 Å². The summed E-state index contributed by atoms with van der Waals surface area (Å²) >= 11 is 0. The van der Waals surface area contributed by atoms with Crippen molar-refractivity contribution < 1.29 is 22.7 Å². The molecular weight excluding hydrogens is 526 g/mol. The average molecular weight is 566 g/mol. The fourth-order valence-electron chi connectivity index (χ4n) is 4.19. The topological polar surface area (TPSA) is 96.0 Å². The Morgan fingerprint density at radius 3 is 1.98 bits per heavy atom. The summed E-state index contributed by atoms with van der Waals surface area (Å²) in [6.07, 6.45) is 1.45. The van der Waals surface area contributed by atoms with E-state index in [2.05, 4.69) is 5.32 Å². The largest absolute Gasteiger partial charge is 0.489 e. The number of carbonyl (C=O) groups is 2. The Morgan fingerprint density at radius 1 is 0.875 bits per heavy atom. The second kappa shape index (κ2) is 14.5. The molecule has 214 valence electrons. The van der Waals surface area contributed by atoms with Crippen LogP contribution in [0.2, 0.25) is 0 Å². The second-order valence-corrected chi connectivity index (χ2v) is 12.0. The Labute approximate surface area is 238 Å². The summed E-state index contributed by atoms with van der Waals surface area (Å²) in [6.45, 7) is 6.43. The van der Waals surface area contributed by atoms with E-state index in [9.17, 15) is 18.0 Å². The number of carbonyl (C=O) groups excluding carboxylic acids is 2. The number of ether oxygens (including phenoxy) is 1. The number of rotatable bonds is 14. The van der Waals surface area contributed by atoms with Gasteiger partial charge in [0.05, 0.1) is 11.9 Å². The lowest BCUT2D eigenvalue weighted by Gasteiger charge is -2.33. The SMILES string of the molecule is CC[C@H](C(=O)NCC(C)C)N(Cc1ccccc1)C(=O)CN(c1ccc(OCc2ccccc2)cc1)S(C)(=O)=O. The van der Waals surface area contributed by atoms with E-state index in [4.69, 9.17) is 4.74 Å². The van der Waals surface area contributed by atoms with Gasteiger partial charge in [0.1, 0.15) is 24.9 Å². The zero-order valence-corrected chi connectivity index (χ0v) is 24.4. The van der Waals surface area contributed by atoms with Gasteiger partial charge in [0.15, 0.2) is 0 Å². The monoisotopic (exact) mass is 565 g/mol. The molecule has 0 aliphatic rings. The van der Waals surface area contributed by atoms with E-state index in [1.807, 2.05) is 81.4 Å². The van der Waals surface area contributed by atoms with Gasteiger partial charge in [-0.05, 0) is 47.7 Å². The van der Waals surface area contributed by atoms with Gasteiger partial charge in [-0.15, -0.1) is 0 Å². The van der Waals surface area contributed by atoms with Crippen molar-refractivity contribution in [2.75, 3.05) is 23.7 Å². The minimum absolute atomic E-state index is 0.178. The van der Waals surface area contributed by atoms with Crippen LogP contribution in [0.5, 0.6) is 5.75 Å². The molecule has 1 atom stereocenters. The van der Waals surface area contributed by atoms with Crippen LogP contribution in [0.1, 0.15) is 38.3 Å². The van der Waals surface area contributed by atoms with E-state index in [1.165, 1.54) is 4.90 Å². The summed E-state index contributed by atoms with van der Waals surface area (Å²) in [7, 11) is -3.82. The van der Waals surface area contributed by atoms with Gasteiger partial charge in [0.25, 0.3) is 0 Å². The van der Waals surface area contributed by atoms with Crippen LogP contribution in [-0.4, -0.2) is 50.5 Å². The van der Waals surface area contributed by atoms with Crippen LogP contribution in [0, 0.1) is 5.92 Å². The molecule has 3 aromatic carbocycles. The zero-order chi connectivity index (χ0) is 29.1. The standard InChI is InChI=1S/C31H39N3O5S/c1-5-29(31(36)32-20-24(2)3)33(21-25-12-8-6-9-13-25)30(35)22-34(40(4,37)38)27-16-18-28(19-17-27)39-23-26-14-10-7-11-15-26/h6-19,24,29H,5,20-23H2,1-4H3,(H,32,36)/t29-/m1/s1. The quantitative estimate of drug-likeness (QED) is 0.308. The highest BCUT2D eigenvalue weighted by Crippen LogP contribution is 2.23. The minimum atomic E-state index is -3.82. The van der Waals surface area contributed by atoms with E-state index >= 15 is 0 Å². The van der Waals surface area contributed by atoms with Crippen molar-refractivity contribution in [1.29, 1.82) is 0 Å². The Morgan fingerprint density at radius 2 is 1.45 bits per heavy atom. The molecule has 0 saturated carbocycles. The first kappa shape index (κ1) is 30.7. The lowest BCUT2D eigenvalue weighted by atomic mass is 10.1. The van der Waals surface area contributed by atoms with Crippen molar-refractivity contribution in [3.8, 4) is 5.75 Å². The molecule has 0 spiro atoms. The minimum Gasteiger partial charge on any atom is -0.489 e. The maximum absolute atomic E-state index is 13.8. The van der Waals surface area contributed by atoms with Gasteiger partial charge in [-0.3, -0.25) is 13.9 Å². The molecular formula is C31H39N3O5S. The summed E-state index contributed by atoms with van der Waals surface area (Å²) in [5.74, 6) is 0.0996. The van der Waals surface area contributed by atoms with Gasteiger partial charge >= 0.3 is 0 Å². The highest BCUT2D eigenvalue weighted by atomic mass is 32.2. The molecule has 3 rings (SSSR count). The number of anilines is 1. The molecule has 0 heterocycles. The van der Waals surface area contributed by atoms with Crippen molar-refractivity contribution in [3.05, 3.63) is 96.1 Å². The molecule has 0 bridgehead atoms. The molecule has 0 unspecified atom stereocenters. The van der Waals surface area contributed by atoms with E-state index in [0.29, 0.717) is 31.0 Å². The van der Waals surface area contributed by atoms with Crippen LogP contribution in [0.15, 0.2) is 84.9 Å². The number of hydrogen-bond acceptors (Lipinski definition) is 5. The summed E-state index contributed by atoms with van der Waals surface area (Å²) in [4.78, 5) is 28.4. The van der Waals surface area contributed by atoms with Gasteiger partial charge < -0.3 is 15.0 Å². The molecule has 0 fully saturated rings. The fraction of sp³-hybridized carbons (Fsp3) is 0.355. The maximum Gasteiger partial charge on any atom is 0.244 e. The van der Waals surface area contributed by atoms with Gasteiger partial charge in [0, 0.05) is 13.1 Å². The van der Waals surface area contributed by atoms with Gasteiger partial charge in [-0.25, -0.2) is 8.42 Å². The maximum atomic E-state index is 13.8. The third-order valence-corrected chi connectivity index (χ3v) is 7.46. The molecule has 9 heteroatoms. The number of amides is 2. The molecule has 1 N–H and O–H groups in total. The molecule has 3 aromatic rings. The highest BCUT2D eigenvalue weighted by molar-refractivity contribution is 7.92. The van der Waals surface area contributed by atoms with Crippen LogP contribution >= 0.6 is 0 Å². The fourth-order valence-corrected chi connectivity index (χ4v) is 5.03. The summed E-state index contributed by atoms with van der Waals surface area (Å²) in [6, 6.07) is 24.9. The average Bonchev–Trinajstić information content (AvgIpc) is 2.94. The Hall–Kier alpha value is -3.85. The van der Waals surface area contributed by atoms with Crippen molar-refractivity contribution >= 4 is 27.5 Å². The van der Waals surface area contributed by atoms with E-state index in [0.717, 1.165) is 21.7 Å². The number of benzene rings is 3. The molecule has 8 nitrogen and oxygen atoms in total. The van der Waals surface area contributed by atoms with Gasteiger partial charge in [-0.1, -0.05) is 81.4 Å². The van der Waals surface area contributed by atoms with Crippen molar-refractivity contribution in [1.82, 2.24) is 10.2 Å². The van der Waals surface area contributed by atoms with Crippen LogP contribution in [0.4, 0.5) is 5.69 Å². The summed E-state index contributed by atoms with van der Waals surface area (Å²) in [5, 5.41) is 2.92. The predicted octanol–water partition coefficient (Wildman–Crippen LogP) is 4.61. The predicted molar refractivity (Wildman–Crippen MR) is 158 cm³/mol. The molecule has 0 aliphatic carbocycles. The van der Waals surface area contributed by atoms with E-state index < -0.39 is 28.5 Å². The van der Waals surface area contributed by atoms with Gasteiger partial charge in [-0.2, -0.15) is 0 Å². The van der Waals surface area contributed by atoms with E-state index in [-0.39, 0.29) is 18.4 Å². The lowest BCUT2D eigenvalue weighted by Crippen LogP contribution is -2.52. The first-order chi connectivity index (χ1) is 19.1. The third-order valence-electron chi connectivity index (χ3n) is 6.32. The van der Waals surface area contributed by atoms with Crippen molar-refractivity contribution in [2.45, 2.75) is 46.4 Å². The summed E-state index contributed by atoms with van der Waals surface area (Å²) < 4.78 is 32.6. The third kappa shape index (κ3) is 9.12. The zero-order valence-electron chi connectivity index (χ0n) is 23.6. The number of nitrogens with zero attached hydrogens (tertiary/aromatic N) is 2. The molecule has 0 aliphatic heterocycles. The lowest BCUT2D eigenvalue weighted by molar-refractivity contribution is -0.140.